The van der Waals surface area contributed by atoms with Crippen LogP contribution in [0.3, 0.4) is 0 Å². The summed E-state index contributed by atoms with van der Waals surface area (Å²) in [6.45, 7) is 1.78. The van der Waals surface area contributed by atoms with Gasteiger partial charge in [-0.1, -0.05) is 6.92 Å². The average molecular weight is 439 g/mol. The maximum absolute atomic E-state index is 13.5. The van der Waals surface area contributed by atoms with Crippen molar-refractivity contribution in [3.63, 3.8) is 0 Å². The summed E-state index contributed by atoms with van der Waals surface area (Å²) < 4.78 is 61.8. The lowest BCUT2D eigenvalue weighted by atomic mass is 9.92. The van der Waals surface area contributed by atoms with Crippen LogP contribution in [0.4, 0.5) is 13.2 Å². The molecule has 168 valence electrons. The summed E-state index contributed by atoms with van der Waals surface area (Å²) in [6.07, 6.45) is -1.59. The second kappa shape index (κ2) is 9.55. The fourth-order valence-corrected chi connectivity index (χ4v) is 3.26. The number of halogens is 3. The average Bonchev–Trinajstić information content (AvgIpc) is 2.73. The minimum Gasteiger partial charge on any atom is -0.489 e. The van der Waals surface area contributed by atoms with E-state index in [2.05, 4.69) is 9.72 Å². The van der Waals surface area contributed by atoms with Crippen molar-refractivity contribution in [3.05, 3.63) is 53.3 Å². The monoisotopic (exact) mass is 439 g/mol. The molecule has 0 radical (unpaired) electrons. The number of alkyl halides is 3. The summed E-state index contributed by atoms with van der Waals surface area (Å²) in [5.74, 6) is -0.657. The topological polar surface area (TPSA) is 66.9 Å². The van der Waals surface area contributed by atoms with Crippen LogP contribution in [0.2, 0.25) is 0 Å². The van der Waals surface area contributed by atoms with Crippen LogP contribution in [-0.4, -0.2) is 37.4 Å². The SMILES string of the molecule is CC[C@@H](Oc1ccc(C(=O)OC)cc1C(F)(F)F)c1ccc(O[C@H]2C[C@H](OC)C2)cn1. The molecular weight excluding hydrogens is 415 g/mol. The van der Waals surface area contributed by atoms with Gasteiger partial charge in [0.05, 0.1) is 36.2 Å². The molecule has 0 saturated heterocycles. The van der Waals surface area contributed by atoms with Gasteiger partial charge in [-0.05, 0) is 36.8 Å². The number of carbonyl (C=O) groups is 1. The van der Waals surface area contributed by atoms with Crippen LogP contribution in [0.5, 0.6) is 11.5 Å². The first kappa shape index (κ1) is 22.9. The molecule has 0 bridgehead atoms. The van der Waals surface area contributed by atoms with Crippen LogP contribution < -0.4 is 9.47 Å². The van der Waals surface area contributed by atoms with Gasteiger partial charge in [0.2, 0.25) is 0 Å². The molecule has 2 aromatic rings. The third kappa shape index (κ3) is 5.46. The predicted molar refractivity (Wildman–Crippen MR) is 105 cm³/mol. The maximum Gasteiger partial charge on any atom is 0.419 e. The van der Waals surface area contributed by atoms with E-state index >= 15 is 0 Å². The van der Waals surface area contributed by atoms with Crippen molar-refractivity contribution >= 4 is 5.97 Å². The molecule has 1 fully saturated rings. The largest absolute Gasteiger partial charge is 0.489 e. The normalized spacial score (nSPS) is 19.3. The molecule has 1 aromatic heterocycles. The van der Waals surface area contributed by atoms with Crippen LogP contribution in [0.25, 0.3) is 0 Å². The van der Waals surface area contributed by atoms with Gasteiger partial charge in [0.25, 0.3) is 0 Å². The molecule has 3 rings (SSSR count). The number of pyridine rings is 1. The van der Waals surface area contributed by atoms with E-state index < -0.39 is 23.8 Å². The zero-order chi connectivity index (χ0) is 22.6. The highest BCUT2D eigenvalue weighted by Gasteiger charge is 2.36. The van der Waals surface area contributed by atoms with Gasteiger partial charge in [0.1, 0.15) is 23.7 Å². The van der Waals surface area contributed by atoms with Crippen LogP contribution >= 0.6 is 0 Å². The molecule has 0 amide bonds. The summed E-state index contributed by atoms with van der Waals surface area (Å²) >= 11 is 0. The van der Waals surface area contributed by atoms with Gasteiger partial charge in [-0.15, -0.1) is 0 Å². The first-order valence-corrected chi connectivity index (χ1v) is 9.86. The van der Waals surface area contributed by atoms with E-state index in [1.807, 2.05) is 0 Å². The number of esters is 1. The Morgan fingerprint density at radius 1 is 1.16 bits per heavy atom. The molecule has 31 heavy (non-hydrogen) atoms. The number of hydrogen-bond acceptors (Lipinski definition) is 6. The Morgan fingerprint density at radius 2 is 1.90 bits per heavy atom. The number of hydrogen-bond donors (Lipinski definition) is 0. The minimum atomic E-state index is -4.70. The number of carbonyl (C=O) groups excluding carboxylic acids is 1. The molecule has 0 N–H and O–H groups in total. The molecule has 1 aliphatic rings. The van der Waals surface area contributed by atoms with Gasteiger partial charge >= 0.3 is 12.1 Å². The summed E-state index contributed by atoms with van der Waals surface area (Å²) in [7, 11) is 2.77. The van der Waals surface area contributed by atoms with Crippen LogP contribution in [-0.2, 0) is 15.7 Å². The van der Waals surface area contributed by atoms with Gasteiger partial charge in [-0.25, -0.2) is 4.79 Å². The first-order chi connectivity index (χ1) is 14.7. The van der Waals surface area contributed by atoms with E-state index in [1.165, 1.54) is 12.3 Å². The zero-order valence-corrected chi connectivity index (χ0v) is 17.4. The van der Waals surface area contributed by atoms with E-state index in [1.54, 1.807) is 26.2 Å². The Balaban J connectivity index is 1.75. The van der Waals surface area contributed by atoms with Gasteiger partial charge in [0, 0.05) is 20.0 Å². The Labute approximate surface area is 178 Å². The molecule has 0 spiro atoms. The number of ether oxygens (including phenoxy) is 4. The summed E-state index contributed by atoms with van der Waals surface area (Å²) in [5.41, 5.74) is -0.781. The van der Waals surface area contributed by atoms with Gasteiger partial charge in [0.15, 0.2) is 0 Å². The smallest absolute Gasteiger partial charge is 0.419 e. The summed E-state index contributed by atoms with van der Waals surface area (Å²) in [4.78, 5) is 15.9. The highest BCUT2D eigenvalue weighted by molar-refractivity contribution is 5.89. The van der Waals surface area contributed by atoms with E-state index in [0.29, 0.717) is 17.9 Å². The van der Waals surface area contributed by atoms with Crippen molar-refractivity contribution in [1.82, 2.24) is 4.98 Å². The van der Waals surface area contributed by atoms with Crippen molar-refractivity contribution in [2.24, 2.45) is 0 Å². The summed E-state index contributed by atoms with van der Waals surface area (Å²) in [6, 6.07) is 6.48. The summed E-state index contributed by atoms with van der Waals surface area (Å²) in [5, 5.41) is 0. The lowest BCUT2D eigenvalue weighted by Crippen LogP contribution is -2.38. The van der Waals surface area contributed by atoms with Crippen LogP contribution in [0.15, 0.2) is 36.5 Å². The molecule has 6 nitrogen and oxygen atoms in total. The molecule has 9 heteroatoms. The molecular formula is C22H24F3NO5. The molecule has 1 saturated carbocycles. The number of methoxy groups -OCH3 is 2. The van der Waals surface area contributed by atoms with Gasteiger partial charge in [-0.2, -0.15) is 13.2 Å². The van der Waals surface area contributed by atoms with E-state index in [-0.39, 0.29) is 23.5 Å². The second-order valence-corrected chi connectivity index (χ2v) is 7.20. The Hall–Kier alpha value is -2.81. The van der Waals surface area contributed by atoms with Crippen molar-refractivity contribution in [3.8, 4) is 11.5 Å². The zero-order valence-electron chi connectivity index (χ0n) is 17.4. The Bertz CT molecular complexity index is 895. The number of aromatic nitrogens is 1. The fourth-order valence-electron chi connectivity index (χ4n) is 3.26. The molecule has 1 heterocycles. The van der Waals surface area contributed by atoms with E-state index in [9.17, 15) is 18.0 Å². The van der Waals surface area contributed by atoms with Crippen molar-refractivity contribution < 1.29 is 36.9 Å². The van der Waals surface area contributed by atoms with Crippen LogP contribution in [0, 0.1) is 0 Å². The Kier molecular flexibility index (Phi) is 7.04. The molecule has 0 aliphatic heterocycles. The standard InChI is InChI=1S/C22H24F3NO5/c1-4-19(18-7-6-14(12-26-18)30-16-10-15(11-16)28-2)31-20-8-5-13(21(27)29-3)9-17(20)22(23,24)25/h5-9,12,15-16,19H,4,10-11H2,1-3H3/t15-,16-,19-/m1/s1. The first-order valence-electron chi connectivity index (χ1n) is 9.86. The molecule has 0 unspecified atom stereocenters. The predicted octanol–water partition coefficient (Wildman–Crippen LogP) is 4.97. The third-order valence-corrected chi connectivity index (χ3v) is 5.12. The van der Waals surface area contributed by atoms with Gasteiger partial charge in [-0.3, -0.25) is 4.98 Å². The quantitative estimate of drug-likeness (QED) is 0.541. The van der Waals surface area contributed by atoms with Crippen molar-refractivity contribution in [2.75, 3.05) is 14.2 Å². The number of nitrogens with zero attached hydrogens (tertiary/aromatic N) is 1. The molecule has 1 aromatic carbocycles. The van der Waals surface area contributed by atoms with E-state index in [0.717, 1.165) is 32.1 Å². The Morgan fingerprint density at radius 3 is 2.45 bits per heavy atom. The van der Waals surface area contributed by atoms with Crippen LogP contribution in [0.1, 0.15) is 53.9 Å². The number of benzene rings is 1. The van der Waals surface area contributed by atoms with E-state index in [4.69, 9.17) is 14.2 Å². The molecule has 1 aliphatic carbocycles. The number of rotatable bonds is 8. The lowest BCUT2D eigenvalue weighted by Gasteiger charge is -2.34. The fraction of sp³-hybridized carbons (Fsp3) is 0.455. The molecule has 1 atom stereocenters. The third-order valence-electron chi connectivity index (χ3n) is 5.12. The second-order valence-electron chi connectivity index (χ2n) is 7.20. The van der Waals surface area contributed by atoms with Crippen molar-refractivity contribution in [2.45, 2.75) is 50.7 Å². The minimum absolute atomic E-state index is 0.0680. The maximum atomic E-state index is 13.5. The highest BCUT2D eigenvalue weighted by Crippen LogP contribution is 2.39. The lowest BCUT2D eigenvalue weighted by molar-refractivity contribution is -0.139. The highest BCUT2D eigenvalue weighted by atomic mass is 19.4. The van der Waals surface area contributed by atoms with Crippen molar-refractivity contribution in [1.29, 1.82) is 0 Å². The van der Waals surface area contributed by atoms with Gasteiger partial charge < -0.3 is 18.9 Å².